The fourth-order valence-corrected chi connectivity index (χ4v) is 1.19. The van der Waals surface area contributed by atoms with Gasteiger partial charge in [0.2, 0.25) is 5.90 Å². The predicted octanol–water partition coefficient (Wildman–Crippen LogP) is 0.577. The van der Waals surface area contributed by atoms with Crippen LogP contribution in [-0.4, -0.2) is 12.4 Å². The zero-order chi connectivity index (χ0) is 9.10. The summed E-state index contributed by atoms with van der Waals surface area (Å²) in [6.07, 6.45) is -0.111. The van der Waals surface area contributed by atoms with Gasteiger partial charge in [-0.25, -0.2) is 4.99 Å². The first-order valence-electron chi connectivity index (χ1n) is 4.14. The van der Waals surface area contributed by atoms with Crippen LogP contribution in [0.25, 0.3) is 0 Å². The average Bonchev–Trinajstić information content (AvgIpc) is 2.67. The van der Waals surface area contributed by atoms with E-state index < -0.39 is 0 Å². The molecule has 1 unspecified atom stereocenters. The molecule has 0 saturated heterocycles. The molecule has 1 heterocycles. The van der Waals surface area contributed by atoms with Gasteiger partial charge in [0.05, 0.1) is 6.54 Å². The van der Waals surface area contributed by atoms with Gasteiger partial charge in [-0.1, -0.05) is 30.3 Å². The van der Waals surface area contributed by atoms with Crippen molar-refractivity contribution in [1.29, 1.82) is 0 Å². The van der Waals surface area contributed by atoms with Gasteiger partial charge >= 0.3 is 0 Å². The van der Waals surface area contributed by atoms with E-state index in [1.807, 2.05) is 30.3 Å². The highest BCUT2D eigenvalue weighted by molar-refractivity contribution is 5.79. The number of hydrogen-bond acceptors (Lipinski definition) is 4. The first-order valence-corrected chi connectivity index (χ1v) is 4.14. The molecule has 1 aliphatic rings. The zero-order valence-corrected chi connectivity index (χ0v) is 7.10. The van der Waals surface area contributed by atoms with Crippen molar-refractivity contribution < 1.29 is 4.84 Å². The van der Waals surface area contributed by atoms with Gasteiger partial charge in [0, 0.05) is 0 Å². The number of aliphatic imine (C=N–C) groups is 1. The molecule has 0 bridgehead atoms. The van der Waals surface area contributed by atoms with Crippen LogP contribution in [-0.2, 0) is 4.84 Å². The quantitative estimate of drug-likeness (QED) is 0.694. The maximum atomic E-state index is 5.38. The van der Waals surface area contributed by atoms with Crippen molar-refractivity contribution in [2.75, 3.05) is 6.54 Å². The second-order valence-electron chi connectivity index (χ2n) is 2.76. The maximum Gasteiger partial charge on any atom is 0.225 e. The van der Waals surface area contributed by atoms with Crippen molar-refractivity contribution in [3.05, 3.63) is 35.9 Å². The molecule has 0 fully saturated rings. The van der Waals surface area contributed by atoms with Crippen molar-refractivity contribution in [3.63, 3.8) is 0 Å². The summed E-state index contributed by atoms with van der Waals surface area (Å²) in [5.41, 5.74) is 9.24. The summed E-state index contributed by atoms with van der Waals surface area (Å²) in [5.74, 6) is 0.550. The van der Waals surface area contributed by atoms with Gasteiger partial charge in [0.25, 0.3) is 0 Å². The molecular formula is C9H11N3O. The minimum Gasteiger partial charge on any atom is -0.390 e. The largest absolute Gasteiger partial charge is 0.390 e. The van der Waals surface area contributed by atoms with Crippen LogP contribution >= 0.6 is 0 Å². The number of benzene rings is 1. The van der Waals surface area contributed by atoms with Crippen LogP contribution in [0, 0.1) is 0 Å². The summed E-state index contributed by atoms with van der Waals surface area (Å²) in [5, 5.41) is 0. The average molecular weight is 177 g/mol. The minimum absolute atomic E-state index is 0.111. The van der Waals surface area contributed by atoms with Gasteiger partial charge in [0.15, 0.2) is 6.17 Å². The number of nitrogens with two attached hydrogens (primary N) is 1. The number of nitrogens with one attached hydrogen (secondary N) is 1. The van der Waals surface area contributed by atoms with E-state index in [0.717, 1.165) is 5.56 Å². The molecule has 1 atom stereocenters. The van der Waals surface area contributed by atoms with Gasteiger partial charge in [-0.15, -0.1) is 5.48 Å². The highest BCUT2D eigenvalue weighted by atomic mass is 16.7. The summed E-state index contributed by atoms with van der Waals surface area (Å²) in [7, 11) is 0. The van der Waals surface area contributed by atoms with Crippen molar-refractivity contribution >= 4 is 5.90 Å². The molecule has 1 aliphatic heterocycles. The van der Waals surface area contributed by atoms with Gasteiger partial charge in [0.1, 0.15) is 0 Å². The second-order valence-corrected chi connectivity index (χ2v) is 2.76. The third kappa shape index (κ3) is 1.68. The van der Waals surface area contributed by atoms with Gasteiger partial charge in [-0.05, 0) is 5.56 Å². The van der Waals surface area contributed by atoms with E-state index in [1.165, 1.54) is 0 Å². The molecule has 68 valence electrons. The number of hydroxylamine groups is 1. The third-order valence-corrected chi connectivity index (χ3v) is 1.85. The summed E-state index contributed by atoms with van der Waals surface area (Å²) >= 11 is 0. The summed E-state index contributed by atoms with van der Waals surface area (Å²) in [4.78, 5) is 9.28. The van der Waals surface area contributed by atoms with Crippen LogP contribution in [0.1, 0.15) is 11.7 Å². The van der Waals surface area contributed by atoms with Crippen molar-refractivity contribution in [2.45, 2.75) is 6.17 Å². The molecule has 4 heteroatoms. The minimum atomic E-state index is -0.111. The van der Waals surface area contributed by atoms with Gasteiger partial charge in [-0.2, -0.15) is 0 Å². The molecule has 0 aromatic heterocycles. The molecular weight excluding hydrogens is 166 g/mol. The monoisotopic (exact) mass is 177 g/mol. The van der Waals surface area contributed by atoms with Gasteiger partial charge < -0.3 is 10.6 Å². The van der Waals surface area contributed by atoms with E-state index in [-0.39, 0.29) is 6.17 Å². The van der Waals surface area contributed by atoms with E-state index in [2.05, 4.69) is 10.5 Å². The van der Waals surface area contributed by atoms with Crippen LogP contribution in [0.4, 0.5) is 0 Å². The van der Waals surface area contributed by atoms with E-state index >= 15 is 0 Å². The van der Waals surface area contributed by atoms with E-state index in [9.17, 15) is 0 Å². The Morgan fingerprint density at radius 3 is 2.77 bits per heavy atom. The van der Waals surface area contributed by atoms with Crippen LogP contribution in [0.2, 0.25) is 0 Å². The maximum absolute atomic E-state index is 5.38. The highest BCUT2D eigenvalue weighted by Crippen LogP contribution is 2.17. The molecule has 13 heavy (non-hydrogen) atoms. The lowest BCUT2D eigenvalue weighted by Crippen LogP contribution is -2.18. The molecule has 4 nitrogen and oxygen atoms in total. The Balaban J connectivity index is 2.16. The van der Waals surface area contributed by atoms with Crippen molar-refractivity contribution in [1.82, 2.24) is 5.48 Å². The Morgan fingerprint density at radius 1 is 1.38 bits per heavy atom. The zero-order valence-electron chi connectivity index (χ0n) is 7.10. The summed E-state index contributed by atoms with van der Waals surface area (Å²) < 4.78 is 0. The first kappa shape index (κ1) is 8.22. The van der Waals surface area contributed by atoms with Crippen LogP contribution in [0.3, 0.4) is 0 Å². The highest BCUT2D eigenvalue weighted by Gasteiger charge is 2.18. The van der Waals surface area contributed by atoms with E-state index in [0.29, 0.717) is 12.4 Å². The van der Waals surface area contributed by atoms with Gasteiger partial charge in [-0.3, -0.25) is 0 Å². The third-order valence-electron chi connectivity index (χ3n) is 1.85. The Bertz CT molecular complexity index is 310. The number of nitrogens with zero attached hydrogens (tertiary/aromatic N) is 1. The molecule has 0 spiro atoms. The molecule has 3 N–H and O–H groups in total. The van der Waals surface area contributed by atoms with E-state index in [1.54, 1.807) is 0 Å². The Hall–Kier alpha value is -1.39. The normalized spacial score (nSPS) is 21.0. The Morgan fingerprint density at radius 2 is 2.15 bits per heavy atom. The van der Waals surface area contributed by atoms with Crippen LogP contribution in [0.5, 0.6) is 0 Å². The summed E-state index contributed by atoms with van der Waals surface area (Å²) in [6.45, 7) is 0.330. The fourth-order valence-electron chi connectivity index (χ4n) is 1.19. The first-order chi connectivity index (χ1) is 6.40. The standard InChI is InChI=1S/C9H11N3O/c10-6-8-11-9(12-13-8)7-4-2-1-3-5-7/h1-5,9,12H,6,10H2. The smallest absolute Gasteiger partial charge is 0.225 e. The lowest BCUT2D eigenvalue weighted by Gasteiger charge is -2.04. The van der Waals surface area contributed by atoms with E-state index in [4.69, 9.17) is 10.6 Å². The number of hydrogen-bond donors (Lipinski definition) is 2. The Kier molecular flexibility index (Phi) is 2.25. The van der Waals surface area contributed by atoms with Crippen molar-refractivity contribution in [2.24, 2.45) is 10.7 Å². The molecule has 1 aromatic carbocycles. The lowest BCUT2D eigenvalue weighted by molar-refractivity contribution is 0.177. The molecule has 0 aliphatic carbocycles. The topological polar surface area (TPSA) is 59.6 Å². The van der Waals surface area contributed by atoms with Crippen LogP contribution < -0.4 is 11.2 Å². The Labute approximate surface area is 76.4 Å². The predicted molar refractivity (Wildman–Crippen MR) is 49.9 cm³/mol. The second kappa shape index (κ2) is 3.55. The molecule has 0 amide bonds. The molecule has 1 aromatic rings. The van der Waals surface area contributed by atoms with Crippen LogP contribution in [0.15, 0.2) is 35.3 Å². The molecule has 0 saturated carbocycles. The lowest BCUT2D eigenvalue weighted by atomic mass is 10.2. The SMILES string of the molecule is NCC1=NC(c2ccccc2)NO1. The molecule has 2 rings (SSSR count). The number of rotatable bonds is 2. The summed E-state index contributed by atoms with van der Waals surface area (Å²) in [6, 6.07) is 9.88. The molecule has 0 radical (unpaired) electrons. The van der Waals surface area contributed by atoms with Crippen molar-refractivity contribution in [3.8, 4) is 0 Å². The fraction of sp³-hybridized carbons (Fsp3) is 0.222.